The molecule has 3 aliphatic rings. The molecule has 14 nitrogen and oxygen atoms in total. The van der Waals surface area contributed by atoms with Crippen LogP contribution in [0, 0.1) is 17.8 Å². The van der Waals surface area contributed by atoms with Crippen molar-refractivity contribution < 1.29 is 14.6 Å². The number of nitrogens with zero attached hydrogens (tertiary/aromatic N) is 5. The van der Waals surface area contributed by atoms with Crippen LogP contribution in [-0.2, 0) is 9.53 Å². The Bertz CT molecular complexity index is 1250. The van der Waals surface area contributed by atoms with Crippen molar-refractivity contribution in [1.82, 2.24) is 15.0 Å². The lowest BCUT2D eigenvalue weighted by molar-refractivity contribution is -0.126. The number of aromatic hydroxyl groups is 1. The zero-order chi connectivity index (χ0) is 32.2. The third-order valence-electron chi connectivity index (χ3n) is 9.13. The van der Waals surface area contributed by atoms with Crippen molar-refractivity contribution in [1.29, 1.82) is 0 Å². The second-order valence-electron chi connectivity index (χ2n) is 13.7. The van der Waals surface area contributed by atoms with E-state index in [1.807, 2.05) is 9.80 Å². The maximum absolute atomic E-state index is 12.8. The molecule has 1 aliphatic carbocycles. The number of hydrogen-bond acceptors (Lipinski definition) is 13. The van der Waals surface area contributed by atoms with Crippen molar-refractivity contribution in [2.75, 3.05) is 53.2 Å². The van der Waals surface area contributed by atoms with Crippen LogP contribution in [0.2, 0.25) is 0 Å². The molecule has 2 aliphatic heterocycles. The monoisotopic (exact) mass is 625 g/mol. The Balaban J connectivity index is 1.28. The molecule has 3 fully saturated rings. The van der Waals surface area contributed by atoms with Crippen molar-refractivity contribution in [2.24, 2.45) is 40.7 Å². The Morgan fingerprint density at radius 1 is 0.933 bits per heavy atom. The summed E-state index contributed by atoms with van der Waals surface area (Å²) in [5, 5.41) is 16.7. The third kappa shape index (κ3) is 8.70. The molecule has 0 unspecified atom stereocenters. The van der Waals surface area contributed by atoms with Crippen LogP contribution in [0.1, 0.15) is 52.9 Å². The summed E-state index contributed by atoms with van der Waals surface area (Å²) in [6, 6.07) is 4.46. The van der Waals surface area contributed by atoms with E-state index in [0.717, 1.165) is 25.7 Å². The minimum Gasteiger partial charge on any atom is -0.506 e. The highest BCUT2D eigenvalue weighted by Crippen LogP contribution is 2.35. The number of amides is 1. The molecule has 7 atom stereocenters. The zero-order valence-electron chi connectivity index (χ0n) is 26.7. The van der Waals surface area contributed by atoms with Crippen LogP contribution in [0.25, 0.3) is 0 Å². The van der Waals surface area contributed by atoms with Crippen molar-refractivity contribution in [2.45, 2.75) is 83.1 Å². The van der Waals surface area contributed by atoms with Gasteiger partial charge in [0.1, 0.15) is 12.4 Å². The summed E-state index contributed by atoms with van der Waals surface area (Å²) in [5.41, 5.74) is 25.9. The minimum absolute atomic E-state index is 0.0580. The largest absolute Gasteiger partial charge is 0.506 e. The van der Waals surface area contributed by atoms with Crippen LogP contribution < -0.4 is 43.4 Å². The van der Waals surface area contributed by atoms with E-state index in [1.54, 1.807) is 12.1 Å². The van der Waals surface area contributed by atoms with Crippen LogP contribution in [0.5, 0.6) is 5.75 Å². The molecule has 3 heterocycles. The third-order valence-corrected chi connectivity index (χ3v) is 9.13. The molecule has 11 N–H and O–H groups in total. The molecule has 0 bridgehead atoms. The molecule has 0 spiro atoms. The number of hydrogen-bond donors (Lipinski definition) is 7. The average Bonchev–Trinajstić information content (AvgIpc) is 2.96. The number of phenolic OH excluding ortho intramolecular Hbond substituents is 1. The van der Waals surface area contributed by atoms with Crippen LogP contribution in [0.3, 0.4) is 0 Å². The highest BCUT2D eigenvalue weighted by atomic mass is 16.5. The highest BCUT2D eigenvalue weighted by molar-refractivity contribution is 5.93. The number of phenols is 1. The second-order valence-corrected chi connectivity index (χ2v) is 13.7. The lowest BCUT2D eigenvalue weighted by Gasteiger charge is -2.37. The van der Waals surface area contributed by atoms with Gasteiger partial charge in [0.05, 0.1) is 11.8 Å². The molecule has 0 radical (unpaired) electrons. The smallest absolute Gasteiger partial charge is 0.250 e. The van der Waals surface area contributed by atoms with Crippen LogP contribution in [0.15, 0.2) is 18.2 Å². The summed E-state index contributed by atoms with van der Waals surface area (Å²) >= 11 is 0. The number of rotatable bonds is 9. The lowest BCUT2D eigenvalue weighted by Crippen LogP contribution is -2.54. The molecular weight excluding hydrogens is 574 g/mol. The SMILES string of the molecule is CC(C)[C@@H]1CC[C@@H](C)C[C@H]1OCC(=O)Nc1ccc(Nc2nc(N3C[C@H](N)C[C@H](N)C3)nc(N3C[C@H](N)C[C@H](N)C3)n2)cc1O. The van der Waals surface area contributed by atoms with E-state index in [2.05, 4.69) is 41.4 Å². The predicted octanol–water partition coefficient (Wildman–Crippen LogP) is 1.47. The van der Waals surface area contributed by atoms with Gasteiger partial charge in [-0.15, -0.1) is 0 Å². The zero-order valence-corrected chi connectivity index (χ0v) is 26.7. The Hall–Kier alpha value is -3.30. The summed E-state index contributed by atoms with van der Waals surface area (Å²) in [6.45, 7) is 8.83. The standard InChI is InChI=1S/C31H51N11O3/c1-17(2)24-6-4-18(3)8-27(24)45-16-28(44)37-25-7-5-23(11-26(25)43)36-29-38-30(41-12-19(32)9-20(33)13-41)40-31(39-29)42-14-21(34)10-22(35)15-42/h5,7,11,17-22,24,27,43H,4,6,8-10,12-16,32-35H2,1-3H3,(H,37,44)(H,36,38,39,40)/t18-,19-,20+,21-,22+,24+,27-/m1/s1. The normalized spacial score (nSPS) is 29.1. The van der Waals surface area contributed by atoms with E-state index in [1.165, 1.54) is 12.5 Å². The van der Waals surface area contributed by atoms with Gasteiger partial charge in [-0.25, -0.2) is 0 Å². The highest BCUT2D eigenvalue weighted by Gasteiger charge is 2.32. The van der Waals surface area contributed by atoms with Gasteiger partial charge in [0.25, 0.3) is 0 Å². The topological polar surface area (TPSA) is 220 Å². The molecule has 1 aromatic carbocycles. The molecule has 2 aromatic rings. The van der Waals surface area contributed by atoms with E-state index < -0.39 is 0 Å². The Morgan fingerprint density at radius 3 is 2.04 bits per heavy atom. The van der Waals surface area contributed by atoms with Gasteiger partial charge in [-0.3, -0.25) is 4.79 Å². The summed E-state index contributed by atoms with van der Waals surface area (Å²) in [7, 11) is 0. The maximum Gasteiger partial charge on any atom is 0.250 e. The second kappa shape index (κ2) is 14.4. The number of aromatic nitrogens is 3. The van der Waals surface area contributed by atoms with Crippen molar-refractivity contribution >= 4 is 35.1 Å². The first kappa shape index (κ1) is 33.1. The molecule has 1 amide bonds. The summed E-state index contributed by atoms with van der Waals surface area (Å²) in [5.74, 6) is 2.28. The number of carbonyl (C=O) groups is 1. The lowest BCUT2D eigenvalue weighted by atomic mass is 9.75. The van der Waals surface area contributed by atoms with Gasteiger partial charge < -0.3 is 53.2 Å². The number of anilines is 5. The molecule has 5 rings (SSSR count). The van der Waals surface area contributed by atoms with Crippen molar-refractivity contribution in [3.63, 3.8) is 0 Å². The van der Waals surface area contributed by atoms with Gasteiger partial charge in [-0.1, -0.05) is 27.2 Å². The molecule has 45 heavy (non-hydrogen) atoms. The molecule has 1 aromatic heterocycles. The summed E-state index contributed by atoms with van der Waals surface area (Å²) in [6.07, 6.45) is 4.77. The molecule has 248 valence electrons. The number of nitrogens with one attached hydrogen (secondary N) is 2. The fraction of sp³-hybridized carbons (Fsp3) is 0.677. The molecule has 2 saturated heterocycles. The Kier molecular flexibility index (Phi) is 10.6. The maximum atomic E-state index is 12.8. The quantitative estimate of drug-likeness (QED) is 0.197. The minimum atomic E-state index is -0.311. The Labute approximate surface area is 265 Å². The Morgan fingerprint density at radius 2 is 1.51 bits per heavy atom. The molecule has 14 heteroatoms. The number of carbonyl (C=O) groups excluding carboxylic acids is 1. The van der Waals surface area contributed by atoms with E-state index in [4.69, 9.17) is 32.7 Å². The van der Waals surface area contributed by atoms with Crippen LogP contribution >= 0.6 is 0 Å². The summed E-state index contributed by atoms with van der Waals surface area (Å²) < 4.78 is 6.08. The first-order valence-electron chi connectivity index (χ1n) is 16.2. The van der Waals surface area contributed by atoms with Gasteiger partial charge in [0, 0.05) is 62.1 Å². The van der Waals surface area contributed by atoms with Gasteiger partial charge in [0.2, 0.25) is 23.8 Å². The van der Waals surface area contributed by atoms with Crippen LogP contribution in [-0.4, -0.2) is 89.0 Å². The summed E-state index contributed by atoms with van der Waals surface area (Å²) in [4.78, 5) is 30.8. The van der Waals surface area contributed by atoms with Gasteiger partial charge in [-0.2, -0.15) is 15.0 Å². The fourth-order valence-corrected chi connectivity index (χ4v) is 6.90. The number of piperidine rings is 2. The first-order valence-corrected chi connectivity index (χ1v) is 16.2. The van der Waals surface area contributed by atoms with Crippen molar-refractivity contribution in [3.05, 3.63) is 18.2 Å². The van der Waals surface area contributed by atoms with Gasteiger partial charge in [0.15, 0.2) is 0 Å². The van der Waals surface area contributed by atoms with E-state index in [-0.39, 0.29) is 60.2 Å². The molecule has 1 saturated carbocycles. The number of nitrogens with two attached hydrogens (primary N) is 4. The van der Waals surface area contributed by atoms with E-state index >= 15 is 0 Å². The number of ether oxygens (including phenoxy) is 1. The fourth-order valence-electron chi connectivity index (χ4n) is 6.90. The molecular formula is C31H51N11O3. The van der Waals surface area contributed by atoms with E-state index in [0.29, 0.717) is 61.5 Å². The first-order chi connectivity index (χ1) is 21.4. The van der Waals surface area contributed by atoms with E-state index in [9.17, 15) is 9.90 Å². The van der Waals surface area contributed by atoms with Gasteiger partial charge in [-0.05, 0) is 55.6 Å². The average molecular weight is 626 g/mol. The van der Waals surface area contributed by atoms with Gasteiger partial charge >= 0.3 is 0 Å². The predicted molar refractivity (Wildman–Crippen MR) is 176 cm³/mol. The number of benzene rings is 1. The van der Waals surface area contributed by atoms with Crippen LogP contribution in [0.4, 0.5) is 29.2 Å². The van der Waals surface area contributed by atoms with Crippen molar-refractivity contribution in [3.8, 4) is 5.75 Å².